The van der Waals surface area contributed by atoms with Crippen LogP contribution < -0.4 is 5.32 Å². The van der Waals surface area contributed by atoms with E-state index in [1.807, 2.05) is 41.5 Å². The summed E-state index contributed by atoms with van der Waals surface area (Å²) in [5.41, 5.74) is 2.33. The van der Waals surface area contributed by atoms with Crippen molar-refractivity contribution in [3.05, 3.63) is 60.6 Å². The summed E-state index contributed by atoms with van der Waals surface area (Å²) in [6.07, 6.45) is 5.67. The fourth-order valence-corrected chi connectivity index (χ4v) is 2.35. The number of pyridine rings is 1. The number of nitrogens with one attached hydrogen (secondary N) is 1. The van der Waals surface area contributed by atoms with Gasteiger partial charge >= 0.3 is 0 Å². The molecule has 3 aromatic rings. The van der Waals surface area contributed by atoms with Gasteiger partial charge in [-0.1, -0.05) is 18.2 Å². The summed E-state index contributed by atoms with van der Waals surface area (Å²) in [5.74, 6) is 0. The SMILES string of the molecule is CC(Cn1cccn1)NCc1ccnc2ccccc12. The van der Waals surface area contributed by atoms with E-state index in [9.17, 15) is 0 Å². The van der Waals surface area contributed by atoms with Gasteiger partial charge in [-0.15, -0.1) is 0 Å². The smallest absolute Gasteiger partial charge is 0.0705 e. The quantitative estimate of drug-likeness (QED) is 0.772. The molecule has 4 heteroatoms. The molecule has 0 saturated carbocycles. The van der Waals surface area contributed by atoms with Crippen LogP contribution in [0.25, 0.3) is 10.9 Å². The summed E-state index contributed by atoms with van der Waals surface area (Å²) >= 11 is 0. The first-order valence-electron chi connectivity index (χ1n) is 6.86. The molecular formula is C16H18N4. The van der Waals surface area contributed by atoms with Gasteiger partial charge in [-0.25, -0.2) is 0 Å². The average molecular weight is 266 g/mol. The first-order chi connectivity index (χ1) is 9.83. The first-order valence-corrected chi connectivity index (χ1v) is 6.86. The number of para-hydroxylation sites is 1. The van der Waals surface area contributed by atoms with Crippen LogP contribution in [0.15, 0.2) is 55.0 Å². The molecular weight excluding hydrogens is 248 g/mol. The van der Waals surface area contributed by atoms with E-state index in [1.54, 1.807) is 0 Å². The summed E-state index contributed by atoms with van der Waals surface area (Å²) in [5, 5.41) is 8.98. The van der Waals surface area contributed by atoms with Gasteiger partial charge in [-0.3, -0.25) is 9.67 Å². The number of hydrogen-bond donors (Lipinski definition) is 1. The van der Waals surface area contributed by atoms with Crippen LogP contribution in [0.2, 0.25) is 0 Å². The van der Waals surface area contributed by atoms with Crippen LogP contribution in [0.1, 0.15) is 12.5 Å². The Morgan fingerprint density at radius 3 is 2.90 bits per heavy atom. The van der Waals surface area contributed by atoms with Crippen molar-refractivity contribution in [2.75, 3.05) is 0 Å². The molecule has 0 aliphatic rings. The van der Waals surface area contributed by atoms with E-state index in [0.717, 1.165) is 18.6 Å². The van der Waals surface area contributed by atoms with Gasteiger partial charge in [-0.2, -0.15) is 5.10 Å². The largest absolute Gasteiger partial charge is 0.308 e. The Labute approximate surface area is 118 Å². The van der Waals surface area contributed by atoms with Crippen LogP contribution in [0.3, 0.4) is 0 Å². The molecule has 102 valence electrons. The Bertz CT molecular complexity index is 671. The summed E-state index contributed by atoms with van der Waals surface area (Å²) < 4.78 is 1.95. The number of aromatic nitrogens is 3. The molecule has 4 nitrogen and oxygen atoms in total. The van der Waals surface area contributed by atoms with E-state index >= 15 is 0 Å². The van der Waals surface area contributed by atoms with Gasteiger partial charge in [0.25, 0.3) is 0 Å². The maximum absolute atomic E-state index is 4.39. The second kappa shape index (κ2) is 5.84. The highest BCUT2D eigenvalue weighted by Crippen LogP contribution is 2.15. The number of nitrogens with zero attached hydrogens (tertiary/aromatic N) is 3. The molecule has 2 heterocycles. The number of fused-ring (bicyclic) bond motifs is 1. The van der Waals surface area contributed by atoms with E-state index in [-0.39, 0.29) is 0 Å². The van der Waals surface area contributed by atoms with Crippen molar-refractivity contribution in [3.63, 3.8) is 0 Å². The minimum absolute atomic E-state index is 0.363. The highest BCUT2D eigenvalue weighted by molar-refractivity contribution is 5.81. The molecule has 0 spiro atoms. The van der Waals surface area contributed by atoms with Gasteiger partial charge < -0.3 is 5.32 Å². The molecule has 20 heavy (non-hydrogen) atoms. The van der Waals surface area contributed by atoms with E-state index < -0.39 is 0 Å². The highest BCUT2D eigenvalue weighted by atomic mass is 15.3. The van der Waals surface area contributed by atoms with Crippen LogP contribution in [-0.4, -0.2) is 20.8 Å². The molecule has 0 amide bonds. The predicted molar refractivity (Wildman–Crippen MR) is 80.3 cm³/mol. The summed E-state index contributed by atoms with van der Waals surface area (Å²) in [4.78, 5) is 4.39. The molecule has 1 unspecified atom stereocenters. The summed E-state index contributed by atoms with van der Waals surface area (Å²) in [7, 11) is 0. The lowest BCUT2D eigenvalue weighted by molar-refractivity contribution is 0.451. The molecule has 0 saturated heterocycles. The topological polar surface area (TPSA) is 42.7 Å². The molecule has 0 fully saturated rings. The van der Waals surface area contributed by atoms with Gasteiger partial charge in [0.1, 0.15) is 0 Å². The van der Waals surface area contributed by atoms with E-state index in [4.69, 9.17) is 0 Å². The van der Waals surface area contributed by atoms with Gasteiger partial charge in [0.2, 0.25) is 0 Å². The molecule has 0 aliphatic carbocycles. The van der Waals surface area contributed by atoms with Crippen LogP contribution in [0, 0.1) is 0 Å². The maximum Gasteiger partial charge on any atom is 0.0705 e. The Balaban J connectivity index is 1.67. The second-order valence-electron chi connectivity index (χ2n) is 5.00. The van der Waals surface area contributed by atoms with Gasteiger partial charge in [-0.05, 0) is 30.7 Å². The zero-order valence-corrected chi connectivity index (χ0v) is 11.5. The Kier molecular flexibility index (Phi) is 3.74. The Morgan fingerprint density at radius 1 is 1.15 bits per heavy atom. The molecule has 1 atom stereocenters. The van der Waals surface area contributed by atoms with Crippen molar-refractivity contribution >= 4 is 10.9 Å². The van der Waals surface area contributed by atoms with Crippen molar-refractivity contribution in [2.24, 2.45) is 0 Å². The normalized spacial score (nSPS) is 12.7. The van der Waals surface area contributed by atoms with Crippen molar-refractivity contribution in [1.82, 2.24) is 20.1 Å². The second-order valence-corrected chi connectivity index (χ2v) is 5.00. The third-order valence-electron chi connectivity index (χ3n) is 3.40. The third-order valence-corrected chi connectivity index (χ3v) is 3.40. The molecule has 1 aromatic carbocycles. The third kappa shape index (κ3) is 2.86. The molecule has 0 aliphatic heterocycles. The fraction of sp³-hybridized carbons (Fsp3) is 0.250. The Hall–Kier alpha value is -2.20. The summed E-state index contributed by atoms with van der Waals surface area (Å²) in [6.45, 7) is 3.88. The minimum atomic E-state index is 0.363. The van der Waals surface area contributed by atoms with Gasteiger partial charge in [0.05, 0.1) is 12.1 Å². The van der Waals surface area contributed by atoms with Gasteiger partial charge in [0.15, 0.2) is 0 Å². The number of benzene rings is 1. The molecule has 2 aromatic heterocycles. The monoisotopic (exact) mass is 266 g/mol. The maximum atomic E-state index is 4.39. The first kappa shape index (κ1) is 12.8. The number of rotatable bonds is 5. The molecule has 3 rings (SSSR count). The van der Waals surface area contributed by atoms with Crippen molar-refractivity contribution < 1.29 is 0 Å². The zero-order valence-electron chi connectivity index (χ0n) is 11.5. The molecule has 0 bridgehead atoms. The minimum Gasteiger partial charge on any atom is -0.308 e. The van der Waals surface area contributed by atoms with Gasteiger partial charge in [0, 0.05) is 36.6 Å². The van der Waals surface area contributed by atoms with Crippen molar-refractivity contribution in [1.29, 1.82) is 0 Å². The highest BCUT2D eigenvalue weighted by Gasteiger charge is 2.05. The van der Waals surface area contributed by atoms with Crippen LogP contribution in [0.5, 0.6) is 0 Å². The van der Waals surface area contributed by atoms with Crippen molar-refractivity contribution in [3.8, 4) is 0 Å². The molecule has 1 N–H and O–H groups in total. The van der Waals surface area contributed by atoms with E-state index in [2.05, 4.69) is 40.5 Å². The molecule has 0 radical (unpaired) electrons. The predicted octanol–water partition coefficient (Wildman–Crippen LogP) is 2.61. The zero-order chi connectivity index (χ0) is 13.8. The number of hydrogen-bond acceptors (Lipinski definition) is 3. The van der Waals surface area contributed by atoms with E-state index in [1.165, 1.54) is 10.9 Å². The fourth-order valence-electron chi connectivity index (χ4n) is 2.35. The standard InChI is InChI=1S/C16H18N4/c1-13(12-20-10-4-8-19-20)18-11-14-7-9-17-16-6-3-2-5-15(14)16/h2-10,13,18H,11-12H2,1H3. The average Bonchev–Trinajstić information content (AvgIpc) is 2.98. The van der Waals surface area contributed by atoms with Crippen LogP contribution >= 0.6 is 0 Å². The van der Waals surface area contributed by atoms with Crippen LogP contribution in [0.4, 0.5) is 0 Å². The lowest BCUT2D eigenvalue weighted by atomic mass is 10.1. The van der Waals surface area contributed by atoms with Crippen LogP contribution in [-0.2, 0) is 13.1 Å². The Morgan fingerprint density at radius 2 is 2.05 bits per heavy atom. The van der Waals surface area contributed by atoms with Crippen molar-refractivity contribution in [2.45, 2.75) is 26.1 Å². The van der Waals surface area contributed by atoms with E-state index in [0.29, 0.717) is 6.04 Å². The lowest BCUT2D eigenvalue weighted by Crippen LogP contribution is -2.30. The lowest BCUT2D eigenvalue weighted by Gasteiger charge is -2.14. The summed E-state index contributed by atoms with van der Waals surface area (Å²) in [6, 6.07) is 12.6.